The highest BCUT2D eigenvalue weighted by atomic mass is 32.2. The summed E-state index contributed by atoms with van der Waals surface area (Å²) in [5, 5.41) is 9.95. The van der Waals surface area contributed by atoms with E-state index in [2.05, 4.69) is 4.72 Å². The summed E-state index contributed by atoms with van der Waals surface area (Å²) in [4.78, 5) is 0.149. The molecule has 2 aromatic rings. The molecule has 2 N–H and O–H groups in total. The summed E-state index contributed by atoms with van der Waals surface area (Å²) in [7, 11) is -3.68. The number of halogens is 1. The van der Waals surface area contributed by atoms with Gasteiger partial charge in [0.15, 0.2) is 0 Å². The molecule has 118 valence electrons. The maximum atomic E-state index is 12.8. The summed E-state index contributed by atoms with van der Waals surface area (Å²) >= 11 is 0. The summed E-state index contributed by atoms with van der Waals surface area (Å²) in [5.74, 6) is -0.410. The minimum absolute atomic E-state index is 0.149. The first kappa shape index (κ1) is 16.6. The normalized spacial score (nSPS) is 13.0. The SMILES string of the molecule is CCc1ccc(S(=O)(=O)NCC(O)c2ccc(F)cc2)cc1. The molecule has 0 aliphatic carbocycles. The third kappa shape index (κ3) is 4.13. The van der Waals surface area contributed by atoms with Crippen molar-refractivity contribution in [1.82, 2.24) is 4.72 Å². The van der Waals surface area contributed by atoms with Crippen molar-refractivity contribution in [2.45, 2.75) is 24.3 Å². The smallest absolute Gasteiger partial charge is 0.240 e. The Labute approximate surface area is 129 Å². The average molecular weight is 323 g/mol. The Hall–Kier alpha value is -1.76. The van der Waals surface area contributed by atoms with Crippen LogP contribution < -0.4 is 4.72 Å². The molecule has 4 nitrogen and oxygen atoms in total. The van der Waals surface area contributed by atoms with Gasteiger partial charge in [0.2, 0.25) is 10.0 Å². The fourth-order valence-electron chi connectivity index (χ4n) is 1.98. The van der Waals surface area contributed by atoms with Crippen LogP contribution in [0.2, 0.25) is 0 Å². The number of rotatable bonds is 6. The zero-order chi connectivity index (χ0) is 16.2. The highest BCUT2D eigenvalue weighted by molar-refractivity contribution is 7.89. The van der Waals surface area contributed by atoms with Gasteiger partial charge < -0.3 is 5.11 Å². The maximum absolute atomic E-state index is 12.8. The molecule has 6 heteroatoms. The van der Waals surface area contributed by atoms with E-state index in [1.54, 1.807) is 12.1 Å². The van der Waals surface area contributed by atoms with Crippen molar-refractivity contribution < 1.29 is 17.9 Å². The summed E-state index contributed by atoms with van der Waals surface area (Å²) in [5.41, 5.74) is 1.50. The van der Waals surface area contributed by atoms with E-state index in [1.165, 1.54) is 36.4 Å². The highest BCUT2D eigenvalue weighted by Gasteiger charge is 2.16. The molecule has 1 unspecified atom stereocenters. The van der Waals surface area contributed by atoms with Crippen LogP contribution in [-0.4, -0.2) is 20.1 Å². The first-order chi connectivity index (χ1) is 10.4. The molecule has 2 aromatic carbocycles. The largest absolute Gasteiger partial charge is 0.387 e. The van der Waals surface area contributed by atoms with Crippen molar-refractivity contribution in [2.24, 2.45) is 0 Å². The van der Waals surface area contributed by atoms with Gasteiger partial charge in [-0.15, -0.1) is 0 Å². The lowest BCUT2D eigenvalue weighted by Crippen LogP contribution is -2.28. The second-order valence-electron chi connectivity index (χ2n) is 4.92. The Morgan fingerprint density at radius 3 is 2.23 bits per heavy atom. The Bertz CT molecular complexity index is 712. The molecule has 1 atom stereocenters. The van der Waals surface area contributed by atoms with E-state index in [1.807, 2.05) is 6.92 Å². The molecular weight excluding hydrogens is 305 g/mol. The van der Waals surface area contributed by atoms with Crippen LogP contribution >= 0.6 is 0 Å². The molecule has 0 radical (unpaired) electrons. The second-order valence-corrected chi connectivity index (χ2v) is 6.68. The van der Waals surface area contributed by atoms with Crippen molar-refractivity contribution >= 4 is 10.0 Å². The quantitative estimate of drug-likeness (QED) is 0.858. The molecule has 0 aliphatic heterocycles. The molecule has 0 spiro atoms. The molecule has 2 rings (SSSR count). The molecule has 0 fully saturated rings. The first-order valence-corrected chi connectivity index (χ1v) is 8.43. The van der Waals surface area contributed by atoms with Crippen molar-refractivity contribution in [3.63, 3.8) is 0 Å². The monoisotopic (exact) mass is 323 g/mol. The van der Waals surface area contributed by atoms with E-state index in [-0.39, 0.29) is 11.4 Å². The molecule has 0 aliphatic rings. The summed E-state index contributed by atoms with van der Waals surface area (Å²) in [6.45, 7) is 1.81. The van der Waals surface area contributed by atoms with Crippen molar-refractivity contribution in [3.8, 4) is 0 Å². The fraction of sp³-hybridized carbons (Fsp3) is 0.250. The van der Waals surface area contributed by atoms with Gasteiger partial charge in [0.1, 0.15) is 5.82 Å². The van der Waals surface area contributed by atoms with Gasteiger partial charge in [-0.05, 0) is 41.8 Å². The highest BCUT2D eigenvalue weighted by Crippen LogP contribution is 2.15. The zero-order valence-electron chi connectivity index (χ0n) is 12.2. The van der Waals surface area contributed by atoms with Crippen LogP contribution in [-0.2, 0) is 16.4 Å². The van der Waals surface area contributed by atoms with Gasteiger partial charge in [-0.1, -0.05) is 31.2 Å². The third-order valence-electron chi connectivity index (χ3n) is 3.36. The van der Waals surface area contributed by atoms with Crippen molar-refractivity contribution in [2.75, 3.05) is 6.54 Å². The predicted molar refractivity (Wildman–Crippen MR) is 82.4 cm³/mol. The molecule has 0 heterocycles. The van der Waals surface area contributed by atoms with E-state index in [0.717, 1.165) is 12.0 Å². The molecule has 0 saturated carbocycles. The number of aryl methyl sites for hydroxylation is 1. The van der Waals surface area contributed by atoms with Crippen LogP contribution in [0.4, 0.5) is 4.39 Å². The number of benzene rings is 2. The number of sulfonamides is 1. The van der Waals surface area contributed by atoms with Gasteiger partial charge in [-0.25, -0.2) is 17.5 Å². The Balaban J connectivity index is 2.03. The lowest BCUT2D eigenvalue weighted by Gasteiger charge is -2.13. The number of aliphatic hydroxyl groups is 1. The molecule has 0 saturated heterocycles. The topological polar surface area (TPSA) is 66.4 Å². The minimum Gasteiger partial charge on any atom is -0.387 e. The van der Waals surface area contributed by atoms with E-state index in [9.17, 15) is 17.9 Å². The Kier molecular flexibility index (Phi) is 5.28. The maximum Gasteiger partial charge on any atom is 0.240 e. The molecule has 22 heavy (non-hydrogen) atoms. The summed E-state index contributed by atoms with van der Waals surface area (Å²) in [6, 6.07) is 11.9. The van der Waals surface area contributed by atoms with Crippen LogP contribution in [0.5, 0.6) is 0 Å². The number of aliphatic hydroxyl groups excluding tert-OH is 1. The van der Waals surface area contributed by atoms with Crippen LogP contribution in [0.25, 0.3) is 0 Å². The van der Waals surface area contributed by atoms with Crippen LogP contribution in [0.3, 0.4) is 0 Å². The number of hydrogen-bond acceptors (Lipinski definition) is 3. The van der Waals surface area contributed by atoms with Crippen molar-refractivity contribution in [1.29, 1.82) is 0 Å². The number of hydrogen-bond donors (Lipinski definition) is 2. The Morgan fingerprint density at radius 1 is 1.09 bits per heavy atom. The predicted octanol–water partition coefficient (Wildman–Crippen LogP) is 2.40. The first-order valence-electron chi connectivity index (χ1n) is 6.94. The van der Waals surface area contributed by atoms with Gasteiger partial charge in [-0.2, -0.15) is 0 Å². The molecule has 0 amide bonds. The van der Waals surface area contributed by atoms with E-state index >= 15 is 0 Å². The molecular formula is C16H18FNO3S. The average Bonchev–Trinajstić information content (AvgIpc) is 2.53. The van der Waals surface area contributed by atoms with Gasteiger partial charge in [-0.3, -0.25) is 0 Å². The van der Waals surface area contributed by atoms with Crippen LogP contribution in [0.1, 0.15) is 24.2 Å². The minimum atomic E-state index is -3.68. The van der Waals surface area contributed by atoms with E-state index < -0.39 is 21.9 Å². The summed E-state index contributed by atoms with van der Waals surface area (Å²) < 4.78 is 39.4. The van der Waals surface area contributed by atoms with Gasteiger partial charge in [0.25, 0.3) is 0 Å². The zero-order valence-corrected chi connectivity index (χ0v) is 13.0. The molecule has 0 bridgehead atoms. The van der Waals surface area contributed by atoms with E-state index in [0.29, 0.717) is 5.56 Å². The summed E-state index contributed by atoms with van der Waals surface area (Å²) in [6.07, 6.45) is -0.206. The third-order valence-corrected chi connectivity index (χ3v) is 4.80. The van der Waals surface area contributed by atoms with E-state index in [4.69, 9.17) is 0 Å². The van der Waals surface area contributed by atoms with Crippen molar-refractivity contribution in [3.05, 3.63) is 65.5 Å². The van der Waals surface area contributed by atoms with Gasteiger partial charge in [0, 0.05) is 6.54 Å². The fourth-order valence-corrected chi connectivity index (χ4v) is 3.02. The standard InChI is InChI=1S/C16H18FNO3S/c1-2-12-3-9-15(10-4-12)22(20,21)18-11-16(19)13-5-7-14(17)8-6-13/h3-10,16,18-19H,2,11H2,1H3. The lowest BCUT2D eigenvalue weighted by molar-refractivity contribution is 0.182. The second kappa shape index (κ2) is 7.00. The van der Waals surface area contributed by atoms with Gasteiger partial charge in [0.05, 0.1) is 11.0 Å². The van der Waals surface area contributed by atoms with Crippen LogP contribution in [0, 0.1) is 5.82 Å². The lowest BCUT2D eigenvalue weighted by atomic mass is 10.1. The molecule has 0 aromatic heterocycles. The Morgan fingerprint density at radius 2 is 1.68 bits per heavy atom. The number of nitrogens with one attached hydrogen (secondary N) is 1. The van der Waals surface area contributed by atoms with Crippen LogP contribution in [0.15, 0.2) is 53.4 Å². The van der Waals surface area contributed by atoms with Gasteiger partial charge >= 0.3 is 0 Å².